The number of benzene rings is 2. The fourth-order valence-electron chi connectivity index (χ4n) is 3.74. The van der Waals surface area contributed by atoms with Crippen LogP contribution in [-0.4, -0.2) is 40.4 Å². The number of alkyl halides is 3. The van der Waals surface area contributed by atoms with Crippen LogP contribution in [-0.2, 0) is 6.54 Å². The second-order valence-corrected chi connectivity index (χ2v) is 7.78. The van der Waals surface area contributed by atoms with E-state index in [0.717, 1.165) is 0 Å². The summed E-state index contributed by atoms with van der Waals surface area (Å²) in [5, 5.41) is 18.2. The zero-order chi connectivity index (χ0) is 24.5. The van der Waals surface area contributed by atoms with Gasteiger partial charge in [0.1, 0.15) is 12.2 Å². The summed E-state index contributed by atoms with van der Waals surface area (Å²) in [6.45, 7) is 0.970. The van der Waals surface area contributed by atoms with Gasteiger partial charge in [0.15, 0.2) is 0 Å². The third-order valence-corrected chi connectivity index (χ3v) is 5.27. The Morgan fingerprint density at radius 1 is 1.21 bits per heavy atom. The molecule has 2 heterocycles. The lowest BCUT2D eigenvalue weighted by molar-refractivity contribution is -0.115. The van der Waals surface area contributed by atoms with Crippen molar-refractivity contribution in [2.45, 2.75) is 25.7 Å². The summed E-state index contributed by atoms with van der Waals surface area (Å²) in [4.78, 5) is 27.8. The predicted octanol–water partition coefficient (Wildman–Crippen LogP) is 4.03. The zero-order valence-electron chi connectivity index (χ0n) is 17.9. The van der Waals surface area contributed by atoms with E-state index in [2.05, 4.69) is 15.7 Å². The SMILES string of the molecule is C[C@H]1Cn2ncc(C(=O)Nc3cccc(C#N)c3)c2C(=O)N1c1ccc(NCC(F)(F)F)cc1. The maximum atomic E-state index is 13.4. The van der Waals surface area contributed by atoms with Crippen molar-refractivity contribution in [2.75, 3.05) is 22.1 Å². The average Bonchev–Trinajstić information content (AvgIpc) is 3.22. The minimum Gasteiger partial charge on any atom is -0.376 e. The number of carbonyl (C=O) groups is 2. The molecule has 174 valence electrons. The number of fused-ring (bicyclic) bond motifs is 1. The van der Waals surface area contributed by atoms with Crippen LogP contribution in [0.3, 0.4) is 0 Å². The van der Waals surface area contributed by atoms with Crippen LogP contribution in [0.15, 0.2) is 54.7 Å². The maximum Gasteiger partial charge on any atom is 0.405 e. The maximum absolute atomic E-state index is 13.4. The van der Waals surface area contributed by atoms with Crippen LogP contribution in [0, 0.1) is 11.3 Å². The number of nitrogens with zero attached hydrogens (tertiary/aromatic N) is 4. The smallest absolute Gasteiger partial charge is 0.376 e. The third-order valence-electron chi connectivity index (χ3n) is 5.27. The van der Waals surface area contributed by atoms with Crippen LogP contribution in [0.4, 0.5) is 30.2 Å². The summed E-state index contributed by atoms with van der Waals surface area (Å²) in [6, 6.07) is 14.1. The Balaban J connectivity index is 1.56. The lowest BCUT2D eigenvalue weighted by Crippen LogP contribution is -2.47. The van der Waals surface area contributed by atoms with E-state index in [0.29, 0.717) is 23.5 Å². The molecular formula is C23H19F3N6O2. The molecule has 3 aromatic rings. The Labute approximate surface area is 192 Å². The molecule has 2 aromatic carbocycles. The molecular weight excluding hydrogens is 449 g/mol. The van der Waals surface area contributed by atoms with Crippen molar-refractivity contribution >= 4 is 28.9 Å². The summed E-state index contributed by atoms with van der Waals surface area (Å²) in [5.74, 6) is -1.01. The van der Waals surface area contributed by atoms with Crippen molar-refractivity contribution in [3.63, 3.8) is 0 Å². The van der Waals surface area contributed by atoms with Crippen LogP contribution in [0.5, 0.6) is 0 Å². The van der Waals surface area contributed by atoms with Gasteiger partial charge in [-0.1, -0.05) is 6.07 Å². The lowest BCUT2D eigenvalue weighted by Gasteiger charge is -2.34. The molecule has 1 aromatic heterocycles. The number of anilines is 3. The average molecular weight is 468 g/mol. The molecule has 0 radical (unpaired) electrons. The highest BCUT2D eigenvalue weighted by atomic mass is 19.4. The molecule has 4 rings (SSSR count). The number of aromatic nitrogens is 2. The molecule has 2 amide bonds. The molecule has 0 saturated heterocycles. The van der Waals surface area contributed by atoms with Gasteiger partial charge in [-0.15, -0.1) is 0 Å². The fourth-order valence-corrected chi connectivity index (χ4v) is 3.74. The Kier molecular flexibility index (Phi) is 5.98. The summed E-state index contributed by atoms with van der Waals surface area (Å²) >= 11 is 0. The number of rotatable bonds is 5. The van der Waals surface area contributed by atoms with Crippen molar-refractivity contribution in [3.05, 3.63) is 71.5 Å². The molecule has 1 aliphatic heterocycles. The van der Waals surface area contributed by atoms with Crippen molar-refractivity contribution in [2.24, 2.45) is 0 Å². The van der Waals surface area contributed by atoms with E-state index in [9.17, 15) is 22.8 Å². The molecule has 0 unspecified atom stereocenters. The van der Waals surface area contributed by atoms with Crippen LogP contribution in [0.1, 0.15) is 33.3 Å². The summed E-state index contributed by atoms with van der Waals surface area (Å²) in [5.41, 5.74) is 1.70. The van der Waals surface area contributed by atoms with Crippen LogP contribution in [0.2, 0.25) is 0 Å². The van der Waals surface area contributed by atoms with Gasteiger partial charge in [0.05, 0.1) is 36.0 Å². The molecule has 0 bridgehead atoms. The molecule has 1 aliphatic rings. The molecule has 1 atom stereocenters. The Hall–Kier alpha value is -4.33. The molecule has 11 heteroatoms. The van der Waals surface area contributed by atoms with Gasteiger partial charge < -0.3 is 15.5 Å². The van der Waals surface area contributed by atoms with E-state index in [1.165, 1.54) is 34.0 Å². The lowest BCUT2D eigenvalue weighted by atomic mass is 10.1. The van der Waals surface area contributed by atoms with Gasteiger partial charge in [-0.3, -0.25) is 14.3 Å². The number of nitrogens with one attached hydrogen (secondary N) is 2. The van der Waals surface area contributed by atoms with E-state index in [1.807, 2.05) is 13.0 Å². The summed E-state index contributed by atoms with van der Waals surface area (Å²) in [7, 11) is 0. The Bertz CT molecular complexity index is 1280. The van der Waals surface area contributed by atoms with Crippen LogP contribution < -0.4 is 15.5 Å². The number of hydrogen-bond acceptors (Lipinski definition) is 5. The number of amides is 2. The summed E-state index contributed by atoms with van der Waals surface area (Å²) in [6.07, 6.45) is -3.03. The molecule has 8 nitrogen and oxygen atoms in total. The van der Waals surface area contributed by atoms with Crippen molar-refractivity contribution in [1.82, 2.24) is 9.78 Å². The first-order valence-corrected chi connectivity index (χ1v) is 10.3. The van der Waals surface area contributed by atoms with Gasteiger partial charge in [0, 0.05) is 17.1 Å². The van der Waals surface area contributed by atoms with Gasteiger partial charge in [0.25, 0.3) is 11.8 Å². The van der Waals surface area contributed by atoms with Gasteiger partial charge in [-0.25, -0.2) is 0 Å². The Morgan fingerprint density at radius 3 is 2.62 bits per heavy atom. The third kappa shape index (κ3) is 4.71. The standard InChI is InChI=1S/C23H19F3N6O2/c1-14-12-31-20(19(11-29-31)21(33)30-17-4-2-3-15(9-17)10-27)22(34)32(14)18-7-5-16(6-8-18)28-13-23(24,25)26/h2-9,11,14,28H,12-13H2,1H3,(H,30,33)/t14-/m0/s1. The van der Waals surface area contributed by atoms with Gasteiger partial charge in [0.2, 0.25) is 0 Å². The van der Waals surface area contributed by atoms with E-state index < -0.39 is 24.5 Å². The van der Waals surface area contributed by atoms with E-state index >= 15 is 0 Å². The molecule has 0 saturated carbocycles. The quantitative estimate of drug-likeness (QED) is 0.589. The van der Waals surface area contributed by atoms with Crippen LogP contribution >= 0.6 is 0 Å². The number of nitriles is 1. The van der Waals surface area contributed by atoms with Gasteiger partial charge in [-0.05, 0) is 49.4 Å². The fraction of sp³-hybridized carbons (Fsp3) is 0.217. The van der Waals surface area contributed by atoms with Crippen molar-refractivity contribution in [3.8, 4) is 6.07 Å². The molecule has 2 N–H and O–H groups in total. The Morgan fingerprint density at radius 2 is 1.94 bits per heavy atom. The summed E-state index contributed by atoms with van der Waals surface area (Å²) < 4.78 is 38.8. The number of halogens is 3. The van der Waals surface area contributed by atoms with Gasteiger partial charge in [-0.2, -0.15) is 23.5 Å². The second-order valence-electron chi connectivity index (χ2n) is 7.78. The largest absolute Gasteiger partial charge is 0.405 e. The van der Waals surface area contributed by atoms with Crippen molar-refractivity contribution < 1.29 is 22.8 Å². The molecule has 0 spiro atoms. The second kappa shape index (κ2) is 8.90. The van der Waals surface area contributed by atoms with E-state index in [-0.39, 0.29) is 23.0 Å². The number of hydrogen-bond donors (Lipinski definition) is 2. The molecule has 34 heavy (non-hydrogen) atoms. The monoisotopic (exact) mass is 468 g/mol. The normalized spacial score (nSPS) is 15.4. The molecule has 0 fully saturated rings. The topological polar surface area (TPSA) is 103 Å². The predicted molar refractivity (Wildman–Crippen MR) is 119 cm³/mol. The minimum atomic E-state index is -4.35. The van der Waals surface area contributed by atoms with E-state index in [4.69, 9.17) is 5.26 Å². The number of carbonyl (C=O) groups excluding carboxylic acids is 2. The highest BCUT2D eigenvalue weighted by molar-refractivity contribution is 6.15. The molecule has 0 aliphatic carbocycles. The van der Waals surface area contributed by atoms with Gasteiger partial charge >= 0.3 is 6.18 Å². The minimum absolute atomic E-state index is 0.0766. The first-order chi connectivity index (χ1) is 16.2. The first-order valence-electron chi connectivity index (χ1n) is 10.3. The zero-order valence-corrected chi connectivity index (χ0v) is 17.9. The van der Waals surface area contributed by atoms with Crippen molar-refractivity contribution in [1.29, 1.82) is 5.26 Å². The van der Waals surface area contributed by atoms with E-state index in [1.54, 1.807) is 30.3 Å². The van der Waals surface area contributed by atoms with Crippen LogP contribution in [0.25, 0.3) is 0 Å². The highest BCUT2D eigenvalue weighted by Gasteiger charge is 2.36. The highest BCUT2D eigenvalue weighted by Crippen LogP contribution is 2.28. The first kappa shape index (κ1) is 22.8.